The Bertz CT molecular complexity index is 709. The highest BCUT2D eigenvalue weighted by Crippen LogP contribution is 2.25. The van der Waals surface area contributed by atoms with E-state index in [0.29, 0.717) is 18.8 Å². The van der Waals surface area contributed by atoms with Gasteiger partial charge in [0.2, 0.25) is 0 Å². The minimum atomic E-state index is -0.549. The molecule has 134 valence electrons. The Morgan fingerprint density at radius 1 is 0.880 bits per heavy atom. The second-order valence-electron chi connectivity index (χ2n) is 6.08. The maximum absolute atomic E-state index is 13.9. The van der Waals surface area contributed by atoms with Gasteiger partial charge >= 0.3 is 0 Å². The van der Waals surface area contributed by atoms with Crippen LogP contribution < -0.4 is 14.4 Å². The molecule has 0 radical (unpaired) electrons. The molecular weight excluding hydrogens is 326 g/mol. The van der Waals surface area contributed by atoms with Crippen molar-refractivity contribution in [2.75, 3.05) is 45.3 Å². The van der Waals surface area contributed by atoms with Crippen molar-refractivity contribution in [2.45, 2.75) is 6.54 Å². The Morgan fingerprint density at radius 2 is 1.52 bits per heavy atom. The molecule has 0 bridgehead atoms. The summed E-state index contributed by atoms with van der Waals surface area (Å²) in [5.41, 5.74) is 1.57. The molecule has 1 aliphatic heterocycles. The van der Waals surface area contributed by atoms with Crippen LogP contribution in [0.5, 0.6) is 11.5 Å². The highest BCUT2D eigenvalue weighted by Gasteiger charge is 2.20. The lowest BCUT2D eigenvalue weighted by Crippen LogP contribution is -2.46. The van der Waals surface area contributed by atoms with Gasteiger partial charge in [-0.15, -0.1) is 0 Å². The van der Waals surface area contributed by atoms with Crippen LogP contribution in [0.25, 0.3) is 0 Å². The predicted molar refractivity (Wildman–Crippen MR) is 93.4 cm³/mol. The average Bonchev–Trinajstić information content (AvgIpc) is 2.62. The van der Waals surface area contributed by atoms with Crippen molar-refractivity contribution in [2.24, 2.45) is 0 Å². The molecule has 1 saturated heterocycles. The summed E-state index contributed by atoms with van der Waals surface area (Å²) in [6, 6.07) is 9.58. The number of methoxy groups -OCH3 is 2. The van der Waals surface area contributed by atoms with Gasteiger partial charge in [0, 0.05) is 44.9 Å². The van der Waals surface area contributed by atoms with E-state index >= 15 is 0 Å². The summed E-state index contributed by atoms with van der Waals surface area (Å²) in [6.45, 7) is 3.77. The van der Waals surface area contributed by atoms with Gasteiger partial charge in [-0.25, -0.2) is 8.78 Å². The summed E-state index contributed by atoms with van der Waals surface area (Å²) in [5.74, 6) is 0.473. The maximum Gasteiger partial charge on any atom is 0.149 e. The average molecular weight is 348 g/mol. The number of hydrogen-bond acceptors (Lipinski definition) is 4. The minimum Gasteiger partial charge on any atom is -0.497 e. The predicted octanol–water partition coefficient (Wildman–Crippen LogP) is 3.30. The van der Waals surface area contributed by atoms with Gasteiger partial charge in [0.05, 0.1) is 19.9 Å². The molecule has 1 fully saturated rings. The van der Waals surface area contributed by atoms with Crippen LogP contribution in [0, 0.1) is 11.6 Å². The first kappa shape index (κ1) is 17.5. The third-order valence-corrected chi connectivity index (χ3v) is 4.44. The van der Waals surface area contributed by atoms with Crippen molar-refractivity contribution in [3.63, 3.8) is 0 Å². The lowest BCUT2D eigenvalue weighted by Gasteiger charge is -2.36. The number of rotatable bonds is 5. The smallest absolute Gasteiger partial charge is 0.149 e. The van der Waals surface area contributed by atoms with Crippen molar-refractivity contribution in [1.82, 2.24) is 4.90 Å². The van der Waals surface area contributed by atoms with Gasteiger partial charge in [-0.2, -0.15) is 0 Å². The first-order valence-corrected chi connectivity index (χ1v) is 8.23. The molecule has 25 heavy (non-hydrogen) atoms. The summed E-state index contributed by atoms with van der Waals surface area (Å²) in [4.78, 5) is 4.25. The summed E-state index contributed by atoms with van der Waals surface area (Å²) < 4.78 is 37.6. The van der Waals surface area contributed by atoms with Gasteiger partial charge in [-0.1, -0.05) is 0 Å². The van der Waals surface area contributed by atoms with E-state index in [1.165, 1.54) is 12.1 Å². The lowest BCUT2D eigenvalue weighted by atomic mass is 10.1. The van der Waals surface area contributed by atoms with Crippen molar-refractivity contribution < 1.29 is 18.3 Å². The Hall–Kier alpha value is -2.34. The van der Waals surface area contributed by atoms with Gasteiger partial charge in [-0.3, -0.25) is 4.90 Å². The van der Waals surface area contributed by atoms with Gasteiger partial charge < -0.3 is 14.4 Å². The molecule has 1 heterocycles. The van der Waals surface area contributed by atoms with E-state index in [4.69, 9.17) is 9.47 Å². The van der Waals surface area contributed by atoms with Crippen LogP contribution in [0.1, 0.15) is 5.56 Å². The molecule has 1 aliphatic rings. The number of halogens is 2. The van der Waals surface area contributed by atoms with Crippen molar-refractivity contribution in [3.8, 4) is 11.5 Å². The first-order valence-electron chi connectivity index (χ1n) is 8.23. The largest absolute Gasteiger partial charge is 0.497 e. The Balaban J connectivity index is 1.63. The molecule has 0 spiro atoms. The zero-order chi connectivity index (χ0) is 17.8. The molecule has 0 saturated carbocycles. The van der Waals surface area contributed by atoms with Gasteiger partial charge in [-0.05, 0) is 29.8 Å². The maximum atomic E-state index is 13.9. The topological polar surface area (TPSA) is 24.9 Å². The molecule has 0 unspecified atom stereocenters. The van der Waals surface area contributed by atoms with Crippen LogP contribution in [0.2, 0.25) is 0 Å². The van der Waals surface area contributed by atoms with Crippen LogP contribution in [0.4, 0.5) is 14.5 Å². The zero-order valence-electron chi connectivity index (χ0n) is 14.5. The zero-order valence-corrected chi connectivity index (χ0v) is 14.5. The van der Waals surface area contributed by atoms with Crippen LogP contribution in [-0.4, -0.2) is 45.3 Å². The molecule has 0 aromatic heterocycles. The van der Waals surface area contributed by atoms with Crippen LogP contribution in [-0.2, 0) is 6.54 Å². The fourth-order valence-corrected chi connectivity index (χ4v) is 3.10. The molecule has 2 aromatic carbocycles. The summed E-state index contributed by atoms with van der Waals surface area (Å²) in [7, 11) is 3.27. The van der Waals surface area contributed by atoms with Crippen LogP contribution in [0.3, 0.4) is 0 Å². The summed E-state index contributed by atoms with van der Waals surface area (Å²) in [5, 5.41) is 0. The molecule has 2 aromatic rings. The highest BCUT2D eigenvalue weighted by molar-refractivity contribution is 5.48. The van der Waals surface area contributed by atoms with Crippen molar-refractivity contribution in [1.29, 1.82) is 0 Å². The van der Waals surface area contributed by atoms with Gasteiger partial charge in [0.25, 0.3) is 0 Å². The number of ether oxygens (including phenoxy) is 2. The number of nitrogens with zero attached hydrogens (tertiary/aromatic N) is 2. The lowest BCUT2D eigenvalue weighted by molar-refractivity contribution is 0.248. The second-order valence-corrected chi connectivity index (χ2v) is 6.08. The second kappa shape index (κ2) is 7.70. The SMILES string of the molecule is COc1cc(CN2CCN(c3ccc(F)cc3F)CC2)cc(OC)c1. The van der Waals surface area contributed by atoms with E-state index in [0.717, 1.165) is 42.8 Å². The summed E-state index contributed by atoms with van der Waals surface area (Å²) >= 11 is 0. The minimum absolute atomic E-state index is 0.462. The normalized spacial score (nSPS) is 15.3. The monoisotopic (exact) mass is 348 g/mol. The summed E-state index contributed by atoms with van der Waals surface area (Å²) in [6.07, 6.45) is 0. The standard InChI is InChI=1S/C19H22F2N2O2/c1-24-16-9-14(10-17(12-16)25-2)13-22-5-7-23(8-6-22)19-4-3-15(20)11-18(19)21/h3-4,9-12H,5-8,13H2,1-2H3. The fraction of sp³-hybridized carbons (Fsp3) is 0.368. The fourth-order valence-electron chi connectivity index (χ4n) is 3.10. The molecule has 3 rings (SSSR count). The molecule has 0 atom stereocenters. The molecule has 6 heteroatoms. The van der Waals surface area contributed by atoms with Crippen molar-refractivity contribution >= 4 is 5.69 Å². The van der Waals surface area contributed by atoms with Crippen LogP contribution in [0.15, 0.2) is 36.4 Å². The molecule has 0 amide bonds. The Morgan fingerprint density at radius 3 is 2.08 bits per heavy atom. The van der Waals surface area contributed by atoms with Gasteiger partial charge in [0.1, 0.15) is 23.1 Å². The number of anilines is 1. The van der Waals surface area contributed by atoms with Gasteiger partial charge in [0.15, 0.2) is 0 Å². The molecule has 0 N–H and O–H groups in total. The van der Waals surface area contributed by atoms with E-state index in [1.54, 1.807) is 14.2 Å². The number of benzene rings is 2. The van der Waals surface area contributed by atoms with E-state index in [-0.39, 0.29) is 0 Å². The molecule has 4 nitrogen and oxygen atoms in total. The van der Waals surface area contributed by atoms with Crippen LogP contribution >= 0.6 is 0 Å². The third kappa shape index (κ3) is 4.20. The Labute approximate surface area is 146 Å². The molecular formula is C19H22F2N2O2. The van der Waals surface area contributed by atoms with E-state index in [2.05, 4.69) is 4.90 Å². The van der Waals surface area contributed by atoms with E-state index in [9.17, 15) is 8.78 Å². The Kier molecular flexibility index (Phi) is 5.38. The van der Waals surface area contributed by atoms with Crippen molar-refractivity contribution in [3.05, 3.63) is 53.6 Å². The number of piperazine rings is 1. The van der Waals surface area contributed by atoms with E-state index in [1.807, 2.05) is 23.1 Å². The third-order valence-electron chi connectivity index (χ3n) is 4.44. The quantitative estimate of drug-likeness (QED) is 0.828. The first-order chi connectivity index (χ1) is 12.1. The highest BCUT2D eigenvalue weighted by atomic mass is 19.1. The van der Waals surface area contributed by atoms with E-state index < -0.39 is 11.6 Å². The number of hydrogen-bond donors (Lipinski definition) is 0. The molecule has 0 aliphatic carbocycles.